The molecule has 0 saturated heterocycles. The molecule has 0 radical (unpaired) electrons. The SMILES string of the molecule is CC(C)(F)C(N)(C(=O)O)c1ccc(F)cc1. The first-order valence-electron chi connectivity index (χ1n) is 4.67. The van der Waals surface area contributed by atoms with Crippen molar-refractivity contribution in [1.29, 1.82) is 0 Å². The smallest absolute Gasteiger partial charge is 0.331 e. The molecule has 1 aromatic rings. The average Bonchev–Trinajstić information content (AvgIpc) is 2.15. The Labute approximate surface area is 91.9 Å². The maximum atomic E-state index is 13.9. The molecule has 0 spiro atoms. The standard InChI is InChI=1S/C11H13F2NO2/c1-10(2,13)11(14,9(15)16)7-3-5-8(12)6-4-7/h3-6H,14H2,1-2H3,(H,15,16). The van der Waals surface area contributed by atoms with E-state index in [0.29, 0.717) is 0 Å². The fourth-order valence-corrected chi connectivity index (χ4v) is 1.43. The Morgan fingerprint density at radius 1 is 1.31 bits per heavy atom. The second-order valence-electron chi connectivity index (χ2n) is 4.09. The number of carboxylic acid groups (broad SMARTS) is 1. The van der Waals surface area contributed by atoms with Crippen molar-refractivity contribution < 1.29 is 18.7 Å². The molecule has 0 aliphatic rings. The van der Waals surface area contributed by atoms with Gasteiger partial charge in [-0.05, 0) is 31.5 Å². The van der Waals surface area contributed by atoms with Crippen LogP contribution in [0.2, 0.25) is 0 Å². The lowest BCUT2D eigenvalue weighted by molar-refractivity contribution is -0.149. The molecule has 0 saturated carbocycles. The summed E-state index contributed by atoms with van der Waals surface area (Å²) < 4.78 is 26.6. The largest absolute Gasteiger partial charge is 0.480 e. The maximum Gasteiger partial charge on any atom is 0.331 e. The molecule has 0 heterocycles. The third-order valence-electron chi connectivity index (χ3n) is 2.57. The molecule has 0 bridgehead atoms. The van der Waals surface area contributed by atoms with Crippen LogP contribution in [0.5, 0.6) is 0 Å². The molecule has 3 N–H and O–H groups in total. The minimum atomic E-state index is -2.19. The van der Waals surface area contributed by atoms with Crippen LogP contribution in [-0.2, 0) is 10.3 Å². The second kappa shape index (κ2) is 3.83. The van der Waals surface area contributed by atoms with Crippen LogP contribution in [0.1, 0.15) is 19.4 Å². The summed E-state index contributed by atoms with van der Waals surface area (Å²) in [6, 6.07) is 4.44. The lowest BCUT2D eigenvalue weighted by Gasteiger charge is -2.34. The third kappa shape index (κ3) is 1.90. The molecular formula is C11H13F2NO2. The Morgan fingerprint density at radius 3 is 2.06 bits per heavy atom. The van der Waals surface area contributed by atoms with Crippen molar-refractivity contribution in [2.45, 2.75) is 25.1 Å². The highest BCUT2D eigenvalue weighted by atomic mass is 19.1. The number of nitrogens with two attached hydrogens (primary N) is 1. The van der Waals surface area contributed by atoms with Gasteiger partial charge in [0.15, 0.2) is 5.54 Å². The first-order valence-corrected chi connectivity index (χ1v) is 4.67. The van der Waals surface area contributed by atoms with E-state index in [2.05, 4.69) is 0 Å². The predicted octanol–water partition coefficient (Wildman–Crippen LogP) is 1.81. The van der Waals surface area contributed by atoms with Crippen LogP contribution in [-0.4, -0.2) is 16.7 Å². The molecule has 3 nitrogen and oxygen atoms in total. The molecule has 88 valence electrons. The Balaban J connectivity index is 3.34. The van der Waals surface area contributed by atoms with E-state index in [-0.39, 0.29) is 5.56 Å². The van der Waals surface area contributed by atoms with Gasteiger partial charge in [0.25, 0.3) is 0 Å². The number of hydrogen-bond donors (Lipinski definition) is 2. The second-order valence-corrected chi connectivity index (χ2v) is 4.09. The molecular weight excluding hydrogens is 216 g/mol. The molecule has 0 amide bonds. The topological polar surface area (TPSA) is 63.3 Å². The van der Waals surface area contributed by atoms with Crippen LogP contribution < -0.4 is 5.73 Å². The number of carboxylic acids is 1. The summed E-state index contributed by atoms with van der Waals surface area (Å²) in [6.45, 7) is 2.15. The normalized spacial score (nSPS) is 15.6. The molecule has 1 aromatic carbocycles. The first-order chi connectivity index (χ1) is 7.19. The number of hydrogen-bond acceptors (Lipinski definition) is 2. The van der Waals surface area contributed by atoms with E-state index in [1.54, 1.807) is 0 Å². The van der Waals surface area contributed by atoms with Gasteiger partial charge in [-0.2, -0.15) is 0 Å². The maximum absolute atomic E-state index is 13.9. The van der Waals surface area contributed by atoms with Gasteiger partial charge in [0.1, 0.15) is 11.5 Å². The molecule has 16 heavy (non-hydrogen) atoms. The van der Waals surface area contributed by atoms with E-state index in [9.17, 15) is 13.6 Å². The highest BCUT2D eigenvalue weighted by Crippen LogP contribution is 2.33. The van der Waals surface area contributed by atoms with Gasteiger partial charge in [0.2, 0.25) is 0 Å². The summed E-state index contributed by atoms with van der Waals surface area (Å²) in [5.41, 5.74) is 1.25. The molecule has 1 unspecified atom stereocenters. The zero-order valence-electron chi connectivity index (χ0n) is 9.00. The number of alkyl halides is 1. The molecule has 1 atom stereocenters. The van der Waals surface area contributed by atoms with E-state index < -0.39 is 23.0 Å². The first kappa shape index (κ1) is 12.6. The van der Waals surface area contributed by atoms with Gasteiger partial charge in [-0.3, -0.25) is 0 Å². The number of aliphatic carboxylic acids is 1. The summed E-state index contributed by atoms with van der Waals surface area (Å²) in [4.78, 5) is 11.1. The summed E-state index contributed by atoms with van der Waals surface area (Å²) in [6.07, 6.45) is 0. The highest BCUT2D eigenvalue weighted by molar-refractivity contribution is 5.82. The highest BCUT2D eigenvalue weighted by Gasteiger charge is 2.50. The predicted molar refractivity (Wildman–Crippen MR) is 55.1 cm³/mol. The summed E-state index contributed by atoms with van der Waals surface area (Å²) in [5.74, 6) is -2.03. The van der Waals surface area contributed by atoms with E-state index >= 15 is 0 Å². The number of carbonyl (C=O) groups is 1. The van der Waals surface area contributed by atoms with Crippen molar-refractivity contribution in [3.05, 3.63) is 35.6 Å². The molecule has 0 fully saturated rings. The van der Waals surface area contributed by atoms with Crippen molar-refractivity contribution in [1.82, 2.24) is 0 Å². The van der Waals surface area contributed by atoms with Crippen LogP contribution in [0.25, 0.3) is 0 Å². The van der Waals surface area contributed by atoms with E-state index in [4.69, 9.17) is 10.8 Å². The van der Waals surface area contributed by atoms with Gasteiger partial charge < -0.3 is 10.8 Å². The van der Waals surface area contributed by atoms with E-state index in [0.717, 1.165) is 26.0 Å². The Bertz CT molecular complexity index is 397. The van der Waals surface area contributed by atoms with Crippen LogP contribution in [0, 0.1) is 5.82 Å². The van der Waals surface area contributed by atoms with Crippen molar-refractivity contribution in [3.8, 4) is 0 Å². The van der Waals surface area contributed by atoms with Crippen LogP contribution in [0.3, 0.4) is 0 Å². The molecule has 0 aliphatic heterocycles. The summed E-state index contributed by atoms with van der Waals surface area (Å²) in [5, 5.41) is 9.03. The third-order valence-corrected chi connectivity index (χ3v) is 2.57. The molecule has 0 aromatic heterocycles. The van der Waals surface area contributed by atoms with Crippen molar-refractivity contribution in [3.63, 3.8) is 0 Å². The van der Waals surface area contributed by atoms with Crippen molar-refractivity contribution in [2.24, 2.45) is 5.73 Å². The number of halogens is 2. The van der Waals surface area contributed by atoms with Gasteiger partial charge in [-0.1, -0.05) is 12.1 Å². The zero-order chi connectivity index (χ0) is 12.6. The Hall–Kier alpha value is -1.49. The average molecular weight is 229 g/mol. The van der Waals surface area contributed by atoms with E-state index in [1.165, 1.54) is 12.1 Å². The molecule has 5 heteroatoms. The quantitative estimate of drug-likeness (QED) is 0.830. The van der Waals surface area contributed by atoms with Crippen LogP contribution in [0.4, 0.5) is 8.78 Å². The van der Waals surface area contributed by atoms with Gasteiger partial charge >= 0.3 is 5.97 Å². The summed E-state index contributed by atoms with van der Waals surface area (Å²) in [7, 11) is 0. The van der Waals surface area contributed by atoms with Crippen LogP contribution in [0.15, 0.2) is 24.3 Å². The number of benzene rings is 1. The Kier molecular flexibility index (Phi) is 3.01. The zero-order valence-corrected chi connectivity index (χ0v) is 9.00. The van der Waals surface area contributed by atoms with Gasteiger partial charge in [0.05, 0.1) is 0 Å². The number of rotatable bonds is 3. The van der Waals surface area contributed by atoms with Crippen LogP contribution >= 0.6 is 0 Å². The summed E-state index contributed by atoms with van der Waals surface area (Å²) >= 11 is 0. The minimum absolute atomic E-state index is 0.0221. The lowest BCUT2D eigenvalue weighted by Crippen LogP contribution is -2.57. The lowest BCUT2D eigenvalue weighted by atomic mass is 9.78. The fraction of sp³-hybridized carbons (Fsp3) is 0.364. The minimum Gasteiger partial charge on any atom is -0.480 e. The van der Waals surface area contributed by atoms with Crippen molar-refractivity contribution in [2.75, 3.05) is 0 Å². The molecule has 0 aliphatic carbocycles. The van der Waals surface area contributed by atoms with Gasteiger partial charge in [0, 0.05) is 0 Å². The fourth-order valence-electron chi connectivity index (χ4n) is 1.43. The Morgan fingerprint density at radius 2 is 1.75 bits per heavy atom. The monoisotopic (exact) mass is 229 g/mol. The van der Waals surface area contributed by atoms with Gasteiger partial charge in [-0.15, -0.1) is 0 Å². The molecule has 1 rings (SSSR count). The van der Waals surface area contributed by atoms with E-state index in [1.807, 2.05) is 0 Å². The van der Waals surface area contributed by atoms with Crippen molar-refractivity contribution >= 4 is 5.97 Å². The van der Waals surface area contributed by atoms with Gasteiger partial charge in [-0.25, -0.2) is 13.6 Å².